The number of aliphatic hydroxyl groups excluding tert-OH is 1. The van der Waals surface area contributed by atoms with Crippen molar-refractivity contribution in [2.45, 2.75) is 76.6 Å². The Labute approximate surface area is 153 Å². The summed E-state index contributed by atoms with van der Waals surface area (Å²) in [6.45, 7) is 4.27. The van der Waals surface area contributed by atoms with Gasteiger partial charge in [-0.05, 0) is 75.0 Å². The zero-order valence-corrected chi connectivity index (χ0v) is 16.5. The Balaban J connectivity index is 1.76. The van der Waals surface area contributed by atoms with Gasteiger partial charge in [-0.25, -0.2) is 0 Å². The third kappa shape index (κ3) is 2.14. The van der Waals surface area contributed by atoms with E-state index in [1.807, 2.05) is 6.92 Å². The normalized spacial score (nSPS) is 55.9. The highest BCUT2D eigenvalue weighted by Gasteiger charge is 2.69. The van der Waals surface area contributed by atoms with Gasteiger partial charge in [0.1, 0.15) is 0 Å². The SMILES string of the molecule is CS(=O)[C@H]1[C@H]2CC[C@@]3(CC[C@H]4[C@@](C)(CCC[C@@]4(C)C(=O)O)[C@@H]3C2)[C@@H]1O. The van der Waals surface area contributed by atoms with Gasteiger partial charge >= 0.3 is 5.97 Å². The molecule has 5 fully saturated rings. The zero-order valence-electron chi connectivity index (χ0n) is 15.7. The van der Waals surface area contributed by atoms with E-state index in [0.717, 1.165) is 51.4 Å². The summed E-state index contributed by atoms with van der Waals surface area (Å²) in [5.41, 5.74) is -0.778. The van der Waals surface area contributed by atoms with Gasteiger partial charge in [-0.2, -0.15) is 0 Å². The second kappa shape index (κ2) is 5.54. The molecule has 0 radical (unpaired) electrons. The molecule has 4 nitrogen and oxygen atoms in total. The van der Waals surface area contributed by atoms with Crippen LogP contribution in [0.2, 0.25) is 0 Å². The van der Waals surface area contributed by atoms with Crippen LogP contribution in [0.1, 0.15) is 65.2 Å². The first-order chi connectivity index (χ1) is 11.7. The van der Waals surface area contributed by atoms with Gasteiger partial charge < -0.3 is 10.2 Å². The van der Waals surface area contributed by atoms with Crippen molar-refractivity contribution in [2.24, 2.45) is 34.0 Å². The third-order valence-electron chi connectivity index (χ3n) is 9.12. The second-order valence-corrected chi connectivity index (χ2v) is 11.4. The fraction of sp³-hybridized carbons (Fsp3) is 0.950. The van der Waals surface area contributed by atoms with Crippen LogP contribution in [0.3, 0.4) is 0 Å². The van der Waals surface area contributed by atoms with E-state index in [0.29, 0.717) is 11.8 Å². The van der Waals surface area contributed by atoms with Crippen LogP contribution in [0.5, 0.6) is 0 Å². The van der Waals surface area contributed by atoms with Crippen molar-refractivity contribution < 1.29 is 19.2 Å². The first kappa shape index (κ1) is 18.0. The molecule has 0 aromatic rings. The number of carboxylic acid groups (broad SMARTS) is 1. The molecule has 0 aromatic heterocycles. The molecular formula is C20H32O4S. The Hall–Kier alpha value is -0.420. The van der Waals surface area contributed by atoms with Gasteiger partial charge in [-0.3, -0.25) is 9.00 Å². The molecule has 2 N–H and O–H groups in total. The molecule has 0 aromatic carbocycles. The lowest BCUT2D eigenvalue weighted by Gasteiger charge is -2.69. The molecule has 5 rings (SSSR count). The highest BCUT2D eigenvalue weighted by atomic mass is 32.2. The molecule has 2 bridgehead atoms. The third-order valence-corrected chi connectivity index (χ3v) is 10.5. The van der Waals surface area contributed by atoms with Gasteiger partial charge in [-0.1, -0.05) is 13.3 Å². The number of fused-ring (bicyclic) bond motifs is 3. The summed E-state index contributed by atoms with van der Waals surface area (Å²) in [7, 11) is -0.992. The van der Waals surface area contributed by atoms with Crippen molar-refractivity contribution in [3.8, 4) is 0 Å². The zero-order chi connectivity index (χ0) is 18.2. The molecule has 1 unspecified atom stereocenters. The first-order valence-corrected chi connectivity index (χ1v) is 11.5. The maximum atomic E-state index is 12.3. The Bertz CT molecular complexity index is 621. The quantitative estimate of drug-likeness (QED) is 0.785. The first-order valence-electron chi connectivity index (χ1n) is 9.90. The van der Waals surface area contributed by atoms with E-state index in [1.54, 1.807) is 6.26 Å². The molecular weight excluding hydrogens is 336 g/mol. The molecule has 5 saturated carbocycles. The second-order valence-electron chi connectivity index (χ2n) is 9.90. The summed E-state index contributed by atoms with van der Waals surface area (Å²) in [4.78, 5) is 12.1. The average Bonchev–Trinajstić information content (AvgIpc) is 2.54. The van der Waals surface area contributed by atoms with Crippen LogP contribution in [0, 0.1) is 34.0 Å². The van der Waals surface area contributed by atoms with Gasteiger partial charge in [0.25, 0.3) is 0 Å². The minimum absolute atomic E-state index is 0.0104. The summed E-state index contributed by atoms with van der Waals surface area (Å²) in [5, 5.41) is 21.1. The van der Waals surface area contributed by atoms with Crippen molar-refractivity contribution in [3.05, 3.63) is 0 Å². The molecule has 25 heavy (non-hydrogen) atoms. The fourth-order valence-electron chi connectivity index (χ4n) is 7.99. The number of hydrogen-bond acceptors (Lipinski definition) is 3. The number of aliphatic carboxylic acids is 1. The number of carbonyl (C=O) groups is 1. The smallest absolute Gasteiger partial charge is 0.309 e. The van der Waals surface area contributed by atoms with Gasteiger partial charge in [0.05, 0.1) is 16.8 Å². The molecule has 0 heterocycles. The molecule has 1 spiro atoms. The van der Waals surface area contributed by atoms with E-state index in [2.05, 4.69) is 6.92 Å². The maximum absolute atomic E-state index is 12.3. The molecule has 9 atom stereocenters. The lowest BCUT2D eigenvalue weighted by Crippen LogP contribution is -2.68. The van der Waals surface area contributed by atoms with Crippen LogP contribution in [-0.4, -0.2) is 38.0 Å². The standard InChI is InChI=1S/C20H32O4S/c1-18-7-4-8-19(2,17(22)23)13(18)6-10-20-9-5-12(11-14(18)20)15(16(20)21)25(3)24/h12-16,21H,4-11H2,1-3H3,(H,22,23)/t12-,13-,14-,15-,16+,18+,19+,20-,25?/m0/s1. The van der Waals surface area contributed by atoms with Crippen LogP contribution < -0.4 is 0 Å². The predicted octanol–water partition coefficient (Wildman–Crippen LogP) is 3.20. The minimum Gasteiger partial charge on any atom is -0.481 e. The Morgan fingerprint density at radius 3 is 2.40 bits per heavy atom. The van der Waals surface area contributed by atoms with Crippen LogP contribution in [-0.2, 0) is 15.6 Å². The summed E-state index contributed by atoms with van der Waals surface area (Å²) in [5.74, 6) is 0.264. The van der Waals surface area contributed by atoms with Crippen molar-refractivity contribution in [2.75, 3.05) is 6.26 Å². The van der Waals surface area contributed by atoms with E-state index in [-0.39, 0.29) is 22.0 Å². The van der Waals surface area contributed by atoms with Crippen LogP contribution >= 0.6 is 0 Å². The van der Waals surface area contributed by atoms with Crippen LogP contribution in [0.25, 0.3) is 0 Å². The average molecular weight is 369 g/mol. The number of hydrogen-bond donors (Lipinski definition) is 2. The Kier molecular flexibility index (Phi) is 3.98. The Morgan fingerprint density at radius 1 is 1.08 bits per heavy atom. The fourth-order valence-corrected chi connectivity index (χ4v) is 9.42. The minimum atomic E-state index is -0.992. The molecule has 5 heteroatoms. The summed E-state index contributed by atoms with van der Waals surface area (Å²) in [6.07, 6.45) is 9.02. The van der Waals surface area contributed by atoms with E-state index in [9.17, 15) is 19.2 Å². The van der Waals surface area contributed by atoms with Crippen molar-refractivity contribution in [1.82, 2.24) is 0 Å². The van der Waals surface area contributed by atoms with Crippen LogP contribution in [0.15, 0.2) is 0 Å². The van der Waals surface area contributed by atoms with E-state index < -0.39 is 28.3 Å². The van der Waals surface area contributed by atoms with E-state index in [1.165, 1.54) is 0 Å². The van der Waals surface area contributed by atoms with Crippen molar-refractivity contribution >= 4 is 16.8 Å². The molecule has 142 valence electrons. The summed E-state index contributed by atoms with van der Waals surface area (Å²) in [6, 6.07) is 0. The van der Waals surface area contributed by atoms with Gasteiger partial charge in [0.2, 0.25) is 0 Å². The monoisotopic (exact) mass is 368 g/mol. The van der Waals surface area contributed by atoms with Gasteiger partial charge in [0, 0.05) is 22.5 Å². The van der Waals surface area contributed by atoms with Crippen molar-refractivity contribution in [1.29, 1.82) is 0 Å². The molecule has 5 aliphatic carbocycles. The van der Waals surface area contributed by atoms with Crippen molar-refractivity contribution in [3.63, 3.8) is 0 Å². The van der Waals surface area contributed by atoms with Gasteiger partial charge in [-0.15, -0.1) is 0 Å². The molecule has 0 aliphatic heterocycles. The number of carboxylic acids is 1. The number of aliphatic hydroxyl groups is 1. The summed E-state index contributed by atoms with van der Waals surface area (Å²) < 4.78 is 12.3. The largest absolute Gasteiger partial charge is 0.481 e. The lowest BCUT2D eigenvalue weighted by atomic mass is 9.36. The van der Waals surface area contributed by atoms with Crippen LogP contribution in [0.4, 0.5) is 0 Å². The van der Waals surface area contributed by atoms with E-state index in [4.69, 9.17) is 0 Å². The topological polar surface area (TPSA) is 74.6 Å². The number of rotatable bonds is 2. The maximum Gasteiger partial charge on any atom is 0.309 e. The molecule has 0 amide bonds. The predicted molar refractivity (Wildman–Crippen MR) is 97.6 cm³/mol. The highest BCUT2D eigenvalue weighted by molar-refractivity contribution is 7.85. The molecule has 5 aliphatic rings. The Morgan fingerprint density at radius 2 is 1.76 bits per heavy atom. The highest BCUT2D eigenvalue weighted by Crippen LogP contribution is 2.71. The summed E-state index contributed by atoms with van der Waals surface area (Å²) >= 11 is 0. The lowest BCUT2D eigenvalue weighted by molar-refractivity contribution is -0.224. The van der Waals surface area contributed by atoms with E-state index >= 15 is 0 Å². The van der Waals surface area contributed by atoms with Gasteiger partial charge in [0.15, 0.2) is 0 Å². The molecule has 0 saturated heterocycles.